The molecule has 1 aromatic heterocycles. The lowest BCUT2D eigenvalue weighted by atomic mass is 9.99. The van der Waals surface area contributed by atoms with E-state index in [0.29, 0.717) is 30.1 Å². The SMILES string of the molecule is CC(F)(F)C(=O)N[C@H]1CC(=O)N(c2ccc3c(cnn3Cc3cccc(F)c3)c2)C1c1ccc(F)cc1. The third kappa shape index (κ3) is 4.91. The van der Waals surface area contributed by atoms with Crippen molar-refractivity contribution in [1.82, 2.24) is 15.1 Å². The molecular weight excluding hydrogens is 488 g/mol. The fraction of sp³-hybridized carbons (Fsp3) is 0.222. The van der Waals surface area contributed by atoms with Gasteiger partial charge in [-0.05, 0) is 53.6 Å². The average molecular weight is 510 g/mol. The van der Waals surface area contributed by atoms with Crippen molar-refractivity contribution in [3.63, 3.8) is 0 Å². The van der Waals surface area contributed by atoms with Crippen molar-refractivity contribution in [2.75, 3.05) is 4.90 Å². The van der Waals surface area contributed by atoms with Gasteiger partial charge >= 0.3 is 5.92 Å². The summed E-state index contributed by atoms with van der Waals surface area (Å²) in [6.07, 6.45) is 1.41. The van der Waals surface area contributed by atoms with E-state index in [0.717, 1.165) is 11.1 Å². The van der Waals surface area contributed by atoms with Crippen LogP contribution in [0.2, 0.25) is 0 Å². The van der Waals surface area contributed by atoms with Crippen LogP contribution in [0.3, 0.4) is 0 Å². The number of fused-ring (bicyclic) bond motifs is 1. The lowest BCUT2D eigenvalue weighted by Crippen LogP contribution is -2.46. The second kappa shape index (κ2) is 9.34. The zero-order chi connectivity index (χ0) is 26.3. The lowest BCUT2D eigenvalue weighted by molar-refractivity contribution is -0.143. The number of carbonyl (C=O) groups is 2. The predicted octanol–water partition coefficient (Wildman–Crippen LogP) is 4.98. The van der Waals surface area contributed by atoms with Crippen molar-refractivity contribution in [3.8, 4) is 0 Å². The quantitative estimate of drug-likeness (QED) is 0.372. The first kappa shape index (κ1) is 24.5. The van der Waals surface area contributed by atoms with Crippen LogP contribution in [0, 0.1) is 11.6 Å². The number of nitrogens with zero attached hydrogens (tertiary/aromatic N) is 3. The maximum absolute atomic E-state index is 13.6. The maximum Gasteiger partial charge on any atom is 0.321 e. The van der Waals surface area contributed by atoms with Crippen molar-refractivity contribution in [1.29, 1.82) is 0 Å². The minimum absolute atomic E-state index is 0.208. The smallest absolute Gasteiger partial charge is 0.321 e. The van der Waals surface area contributed by atoms with Crippen LogP contribution in [-0.4, -0.2) is 33.6 Å². The molecule has 2 atom stereocenters. The fourth-order valence-corrected chi connectivity index (χ4v) is 4.66. The third-order valence-corrected chi connectivity index (χ3v) is 6.37. The van der Waals surface area contributed by atoms with Crippen LogP contribution >= 0.6 is 0 Å². The van der Waals surface area contributed by atoms with Gasteiger partial charge in [0.05, 0.1) is 30.3 Å². The summed E-state index contributed by atoms with van der Waals surface area (Å²) in [5.74, 6) is -6.34. The van der Waals surface area contributed by atoms with E-state index in [1.165, 1.54) is 41.3 Å². The third-order valence-electron chi connectivity index (χ3n) is 6.37. The highest BCUT2D eigenvalue weighted by Crippen LogP contribution is 2.39. The molecule has 1 fully saturated rings. The van der Waals surface area contributed by atoms with Crippen LogP contribution in [0.5, 0.6) is 0 Å². The second-order valence-corrected chi connectivity index (χ2v) is 9.11. The van der Waals surface area contributed by atoms with Gasteiger partial charge in [0, 0.05) is 24.4 Å². The van der Waals surface area contributed by atoms with Gasteiger partial charge in [-0.3, -0.25) is 14.3 Å². The van der Waals surface area contributed by atoms with Crippen LogP contribution in [0.25, 0.3) is 10.9 Å². The van der Waals surface area contributed by atoms with Crippen LogP contribution < -0.4 is 10.2 Å². The molecular formula is C27H22F4N4O2. The zero-order valence-corrected chi connectivity index (χ0v) is 19.7. The van der Waals surface area contributed by atoms with Gasteiger partial charge < -0.3 is 10.2 Å². The number of benzene rings is 3. The molecule has 2 amide bonds. The highest BCUT2D eigenvalue weighted by Gasteiger charge is 2.45. The van der Waals surface area contributed by atoms with E-state index in [1.54, 1.807) is 41.2 Å². The van der Waals surface area contributed by atoms with E-state index in [-0.39, 0.29) is 18.1 Å². The maximum atomic E-state index is 13.6. The van der Waals surface area contributed by atoms with Crippen molar-refractivity contribution in [2.24, 2.45) is 0 Å². The molecule has 3 aromatic carbocycles. The first-order valence-electron chi connectivity index (χ1n) is 11.6. The Balaban J connectivity index is 1.50. The largest absolute Gasteiger partial charge is 0.345 e. The molecule has 6 nitrogen and oxygen atoms in total. The summed E-state index contributed by atoms with van der Waals surface area (Å²) in [5.41, 5.74) is 2.43. The Labute approximate surface area is 209 Å². The van der Waals surface area contributed by atoms with Gasteiger partial charge in [-0.15, -0.1) is 0 Å². The summed E-state index contributed by atoms with van der Waals surface area (Å²) in [6, 6.07) is 14.9. The first-order valence-corrected chi connectivity index (χ1v) is 11.6. The van der Waals surface area contributed by atoms with Gasteiger partial charge in [-0.25, -0.2) is 8.78 Å². The van der Waals surface area contributed by atoms with Gasteiger partial charge in [0.1, 0.15) is 11.6 Å². The first-order chi connectivity index (χ1) is 17.6. The fourth-order valence-electron chi connectivity index (χ4n) is 4.66. The number of aromatic nitrogens is 2. The number of halogens is 4. The Morgan fingerprint density at radius 3 is 2.51 bits per heavy atom. The standard InChI is InChI=1S/C27H22F4N4O2/c1-27(30,31)26(37)33-22-13-24(36)35(25(22)17-5-7-19(28)8-6-17)21-9-10-23-18(12-21)14-32-34(23)15-16-3-2-4-20(29)11-16/h2-12,14,22,25H,13,15H2,1H3,(H,33,37)/t22-,25?/m0/s1. The number of hydrogen-bond acceptors (Lipinski definition) is 3. The average Bonchev–Trinajstić information content (AvgIpc) is 3.38. The monoisotopic (exact) mass is 510 g/mol. The molecule has 5 rings (SSSR count). The van der Waals surface area contributed by atoms with Crippen molar-refractivity contribution in [2.45, 2.75) is 37.9 Å². The molecule has 0 spiro atoms. The normalized spacial score (nSPS) is 18.0. The van der Waals surface area contributed by atoms with Crippen LogP contribution in [0.15, 0.2) is 72.9 Å². The Morgan fingerprint density at radius 1 is 1.05 bits per heavy atom. The predicted molar refractivity (Wildman–Crippen MR) is 129 cm³/mol. The summed E-state index contributed by atoms with van der Waals surface area (Å²) < 4.78 is 56.2. The Bertz CT molecular complexity index is 1480. The van der Waals surface area contributed by atoms with Gasteiger partial charge in [-0.1, -0.05) is 24.3 Å². The number of carbonyl (C=O) groups excluding carboxylic acids is 2. The molecule has 37 heavy (non-hydrogen) atoms. The number of rotatable bonds is 6. The number of nitrogens with one attached hydrogen (secondary N) is 1. The molecule has 2 heterocycles. The van der Waals surface area contributed by atoms with E-state index in [1.807, 2.05) is 0 Å². The van der Waals surface area contributed by atoms with E-state index in [9.17, 15) is 27.2 Å². The molecule has 1 saturated heterocycles. The Kier molecular flexibility index (Phi) is 6.18. The molecule has 10 heteroatoms. The van der Waals surface area contributed by atoms with E-state index in [4.69, 9.17) is 0 Å². The van der Waals surface area contributed by atoms with E-state index in [2.05, 4.69) is 10.4 Å². The topological polar surface area (TPSA) is 67.2 Å². The van der Waals surface area contributed by atoms with Crippen molar-refractivity contribution < 1.29 is 27.2 Å². The van der Waals surface area contributed by atoms with E-state index >= 15 is 0 Å². The number of hydrogen-bond donors (Lipinski definition) is 1. The highest BCUT2D eigenvalue weighted by molar-refractivity contribution is 6.00. The summed E-state index contributed by atoms with van der Waals surface area (Å²) in [5, 5.41) is 7.38. The lowest BCUT2D eigenvalue weighted by Gasteiger charge is -2.29. The van der Waals surface area contributed by atoms with Crippen LogP contribution in [-0.2, 0) is 16.1 Å². The number of anilines is 1. The van der Waals surface area contributed by atoms with Crippen LogP contribution in [0.1, 0.15) is 30.5 Å². The summed E-state index contributed by atoms with van der Waals surface area (Å²) >= 11 is 0. The molecule has 190 valence electrons. The summed E-state index contributed by atoms with van der Waals surface area (Å²) in [4.78, 5) is 26.6. The molecule has 1 N–H and O–H groups in total. The van der Waals surface area contributed by atoms with Gasteiger partial charge in [0.25, 0.3) is 5.91 Å². The van der Waals surface area contributed by atoms with Crippen molar-refractivity contribution in [3.05, 3.63) is 95.7 Å². The minimum Gasteiger partial charge on any atom is -0.345 e. The minimum atomic E-state index is -3.63. The molecule has 0 bridgehead atoms. The molecule has 0 radical (unpaired) electrons. The van der Waals surface area contributed by atoms with Gasteiger partial charge in [-0.2, -0.15) is 13.9 Å². The zero-order valence-electron chi connectivity index (χ0n) is 19.7. The molecule has 0 aliphatic carbocycles. The van der Waals surface area contributed by atoms with E-state index < -0.39 is 29.7 Å². The molecule has 4 aromatic rings. The second-order valence-electron chi connectivity index (χ2n) is 9.11. The van der Waals surface area contributed by atoms with Gasteiger partial charge in [0.2, 0.25) is 5.91 Å². The molecule has 1 aliphatic heterocycles. The Hall–Kier alpha value is -4.21. The molecule has 1 aliphatic rings. The highest BCUT2D eigenvalue weighted by atomic mass is 19.3. The number of amides is 2. The van der Waals surface area contributed by atoms with Crippen molar-refractivity contribution >= 4 is 28.4 Å². The van der Waals surface area contributed by atoms with Gasteiger partial charge in [0.15, 0.2) is 0 Å². The molecule has 1 unspecified atom stereocenters. The summed E-state index contributed by atoms with van der Waals surface area (Å²) in [7, 11) is 0. The molecule has 0 saturated carbocycles. The Morgan fingerprint density at radius 2 is 1.81 bits per heavy atom. The van der Waals surface area contributed by atoms with Crippen LogP contribution in [0.4, 0.5) is 23.2 Å². The summed E-state index contributed by atoms with van der Waals surface area (Å²) in [6.45, 7) is 0.819. The number of alkyl halides is 2.